The largest absolute Gasteiger partial charge is 0.497 e. The van der Waals surface area contributed by atoms with Gasteiger partial charge in [0.1, 0.15) is 23.2 Å². The highest BCUT2D eigenvalue weighted by atomic mass is 32.2. The maximum Gasteiger partial charge on any atom is 0.243 e. The average molecular weight is 476 g/mol. The van der Waals surface area contributed by atoms with Gasteiger partial charge >= 0.3 is 0 Å². The van der Waals surface area contributed by atoms with E-state index < -0.39 is 26.6 Å². The molecule has 0 unspecified atom stereocenters. The highest BCUT2D eigenvalue weighted by molar-refractivity contribution is 7.89. The molecule has 0 saturated carbocycles. The van der Waals surface area contributed by atoms with Crippen LogP contribution in [-0.4, -0.2) is 56.0 Å². The molecule has 174 valence electrons. The number of sulfonamides is 1. The van der Waals surface area contributed by atoms with Crippen molar-refractivity contribution in [1.29, 1.82) is 0 Å². The third-order valence-electron chi connectivity index (χ3n) is 5.20. The first kappa shape index (κ1) is 22.9. The zero-order valence-electron chi connectivity index (χ0n) is 18.1. The minimum atomic E-state index is -4.01. The second kappa shape index (κ2) is 9.28. The molecule has 1 N–H and O–H groups in total. The van der Waals surface area contributed by atoms with Crippen molar-refractivity contribution >= 4 is 27.5 Å². The molecule has 0 amide bonds. The van der Waals surface area contributed by atoms with Crippen molar-refractivity contribution in [2.45, 2.75) is 11.8 Å². The van der Waals surface area contributed by atoms with Gasteiger partial charge in [0.25, 0.3) is 0 Å². The van der Waals surface area contributed by atoms with Gasteiger partial charge in [-0.05, 0) is 43.3 Å². The molecule has 0 spiro atoms. The molecule has 11 heteroatoms. The smallest absolute Gasteiger partial charge is 0.243 e. The Morgan fingerprint density at radius 3 is 2.18 bits per heavy atom. The summed E-state index contributed by atoms with van der Waals surface area (Å²) in [6.45, 7) is 2.80. The third-order valence-corrected chi connectivity index (χ3v) is 7.08. The number of halogens is 2. The summed E-state index contributed by atoms with van der Waals surface area (Å²) in [4.78, 5) is 10.5. The first-order valence-electron chi connectivity index (χ1n) is 10.2. The summed E-state index contributed by atoms with van der Waals surface area (Å²) in [6.07, 6.45) is 0. The minimum absolute atomic E-state index is 0.138. The fourth-order valence-corrected chi connectivity index (χ4v) is 5.00. The number of ether oxygens (including phenoxy) is 1. The summed E-state index contributed by atoms with van der Waals surface area (Å²) in [5.74, 6) is -0.0451. The number of benzene rings is 2. The van der Waals surface area contributed by atoms with Crippen molar-refractivity contribution in [2.75, 3.05) is 43.5 Å². The monoisotopic (exact) mass is 475 g/mol. The first-order valence-corrected chi connectivity index (χ1v) is 11.7. The molecule has 8 nitrogen and oxygen atoms in total. The molecular formula is C22H23F2N5O3S. The van der Waals surface area contributed by atoms with Crippen LogP contribution in [0.15, 0.2) is 53.4 Å². The lowest BCUT2D eigenvalue weighted by atomic mass is 10.3. The van der Waals surface area contributed by atoms with E-state index in [9.17, 15) is 17.2 Å². The van der Waals surface area contributed by atoms with E-state index in [0.717, 1.165) is 29.3 Å². The number of aryl methyl sites for hydroxylation is 1. The van der Waals surface area contributed by atoms with Crippen LogP contribution in [0, 0.1) is 18.6 Å². The van der Waals surface area contributed by atoms with Crippen molar-refractivity contribution in [3.8, 4) is 5.75 Å². The number of anilines is 3. The van der Waals surface area contributed by atoms with Gasteiger partial charge in [-0.15, -0.1) is 0 Å². The summed E-state index contributed by atoms with van der Waals surface area (Å²) in [5.41, 5.74) is 1.58. The Kier molecular flexibility index (Phi) is 6.43. The first-order chi connectivity index (χ1) is 15.7. The van der Waals surface area contributed by atoms with E-state index in [2.05, 4.69) is 15.3 Å². The molecule has 0 atom stereocenters. The van der Waals surface area contributed by atoms with Crippen LogP contribution in [0.25, 0.3) is 0 Å². The number of nitrogens with one attached hydrogen (secondary N) is 1. The van der Waals surface area contributed by atoms with Crippen molar-refractivity contribution in [1.82, 2.24) is 14.3 Å². The van der Waals surface area contributed by atoms with Gasteiger partial charge in [-0.3, -0.25) is 0 Å². The second-order valence-corrected chi connectivity index (χ2v) is 9.48. The molecule has 0 bridgehead atoms. The lowest BCUT2D eigenvalue weighted by molar-refractivity contribution is 0.382. The zero-order chi connectivity index (χ0) is 23.6. The van der Waals surface area contributed by atoms with Gasteiger partial charge in [0, 0.05) is 49.7 Å². The Bertz CT molecular complexity index is 1230. The SMILES string of the molecule is COc1ccc(Nc2cc(C)nc(N3CCN(S(=O)(=O)c4cc(F)cc(F)c4)CC3)n2)cc1. The Morgan fingerprint density at radius 2 is 1.58 bits per heavy atom. The van der Waals surface area contributed by atoms with Crippen LogP contribution >= 0.6 is 0 Å². The summed E-state index contributed by atoms with van der Waals surface area (Å²) >= 11 is 0. The normalized spacial score (nSPS) is 14.8. The number of hydrogen-bond acceptors (Lipinski definition) is 7. The van der Waals surface area contributed by atoms with E-state index in [1.54, 1.807) is 7.11 Å². The Labute approximate surface area is 190 Å². The van der Waals surface area contributed by atoms with Crippen LogP contribution in [0.4, 0.5) is 26.2 Å². The van der Waals surface area contributed by atoms with Gasteiger partial charge in [-0.25, -0.2) is 22.2 Å². The average Bonchev–Trinajstić information content (AvgIpc) is 2.78. The maximum atomic E-state index is 13.5. The summed E-state index contributed by atoms with van der Waals surface area (Å²) in [6, 6.07) is 11.5. The fraction of sp³-hybridized carbons (Fsp3) is 0.273. The summed E-state index contributed by atoms with van der Waals surface area (Å²) in [5, 5.41) is 3.23. The molecule has 1 aromatic heterocycles. The van der Waals surface area contributed by atoms with E-state index >= 15 is 0 Å². The number of methoxy groups -OCH3 is 1. The van der Waals surface area contributed by atoms with Gasteiger partial charge in [0.05, 0.1) is 12.0 Å². The van der Waals surface area contributed by atoms with E-state index in [4.69, 9.17) is 4.74 Å². The highest BCUT2D eigenvalue weighted by Gasteiger charge is 2.30. The van der Waals surface area contributed by atoms with Crippen molar-refractivity contribution < 1.29 is 21.9 Å². The molecule has 2 heterocycles. The quantitative estimate of drug-likeness (QED) is 0.585. The van der Waals surface area contributed by atoms with Crippen molar-refractivity contribution in [3.05, 3.63) is 65.9 Å². The number of piperazine rings is 1. The zero-order valence-corrected chi connectivity index (χ0v) is 18.9. The van der Waals surface area contributed by atoms with Gasteiger partial charge in [-0.2, -0.15) is 9.29 Å². The fourth-order valence-electron chi connectivity index (χ4n) is 3.54. The number of nitrogens with zero attached hydrogens (tertiary/aromatic N) is 4. The Morgan fingerprint density at radius 1 is 0.939 bits per heavy atom. The maximum absolute atomic E-state index is 13.5. The van der Waals surface area contributed by atoms with Crippen LogP contribution in [0.5, 0.6) is 5.75 Å². The van der Waals surface area contributed by atoms with E-state index in [1.165, 1.54) is 4.31 Å². The number of hydrogen-bond donors (Lipinski definition) is 1. The topological polar surface area (TPSA) is 87.7 Å². The van der Waals surface area contributed by atoms with Gasteiger partial charge in [-0.1, -0.05) is 0 Å². The molecule has 0 radical (unpaired) electrons. The third kappa shape index (κ3) is 5.20. The molecule has 2 aromatic carbocycles. The van der Waals surface area contributed by atoms with Crippen molar-refractivity contribution in [2.24, 2.45) is 0 Å². The van der Waals surface area contributed by atoms with Gasteiger partial charge in [0.2, 0.25) is 16.0 Å². The molecule has 1 saturated heterocycles. The van der Waals surface area contributed by atoms with Crippen LogP contribution in [0.1, 0.15) is 5.69 Å². The standard InChI is InChI=1S/C22H23F2N5O3S/c1-15-11-21(26-18-3-5-19(32-2)6-4-18)27-22(25-15)28-7-9-29(10-8-28)33(30,31)20-13-16(23)12-17(24)14-20/h3-6,11-14H,7-10H2,1-2H3,(H,25,26,27). The molecule has 1 aliphatic rings. The van der Waals surface area contributed by atoms with Crippen LogP contribution in [-0.2, 0) is 10.0 Å². The minimum Gasteiger partial charge on any atom is -0.497 e. The van der Waals surface area contributed by atoms with Crippen molar-refractivity contribution in [3.63, 3.8) is 0 Å². The molecule has 3 aromatic rings. The van der Waals surface area contributed by atoms with E-state index in [-0.39, 0.29) is 13.1 Å². The predicted octanol–water partition coefficient (Wildman–Crippen LogP) is 3.33. The molecule has 33 heavy (non-hydrogen) atoms. The van der Waals surface area contributed by atoms with Gasteiger partial charge < -0.3 is 15.0 Å². The van der Waals surface area contributed by atoms with Gasteiger partial charge in [0.15, 0.2) is 0 Å². The van der Waals surface area contributed by atoms with Crippen LogP contribution in [0.2, 0.25) is 0 Å². The number of aromatic nitrogens is 2. The van der Waals surface area contributed by atoms with Crippen LogP contribution in [0.3, 0.4) is 0 Å². The highest BCUT2D eigenvalue weighted by Crippen LogP contribution is 2.24. The molecule has 1 fully saturated rings. The van der Waals surface area contributed by atoms with Crippen LogP contribution < -0.4 is 15.0 Å². The second-order valence-electron chi connectivity index (χ2n) is 7.54. The van der Waals surface area contributed by atoms with E-state index in [0.29, 0.717) is 30.9 Å². The summed E-state index contributed by atoms with van der Waals surface area (Å²) < 4.78 is 59.0. The molecule has 1 aliphatic heterocycles. The Balaban J connectivity index is 1.47. The summed E-state index contributed by atoms with van der Waals surface area (Å²) in [7, 11) is -2.41. The lowest BCUT2D eigenvalue weighted by Crippen LogP contribution is -2.49. The van der Waals surface area contributed by atoms with E-state index in [1.807, 2.05) is 42.2 Å². The number of rotatable bonds is 6. The molecule has 4 rings (SSSR count). The molecule has 0 aliphatic carbocycles. The molecular weight excluding hydrogens is 452 g/mol. The Hall–Kier alpha value is -3.31. The lowest BCUT2D eigenvalue weighted by Gasteiger charge is -2.34. The predicted molar refractivity (Wildman–Crippen MR) is 120 cm³/mol.